The van der Waals surface area contributed by atoms with Crippen molar-refractivity contribution in [2.75, 3.05) is 13.7 Å². The van der Waals surface area contributed by atoms with Gasteiger partial charge in [0, 0.05) is 19.4 Å². The molecule has 0 bridgehead atoms. The molecule has 0 saturated carbocycles. The molecule has 0 spiro atoms. The number of methoxy groups -OCH3 is 1. The number of nitrogens with zero attached hydrogens (tertiary/aromatic N) is 1. The summed E-state index contributed by atoms with van der Waals surface area (Å²) >= 11 is 0. The summed E-state index contributed by atoms with van der Waals surface area (Å²) in [4.78, 5) is 4.31. The summed E-state index contributed by atoms with van der Waals surface area (Å²) in [6.07, 6.45) is 0.341. The SMILES string of the molecule is COCCC(C)C(O)c1cccc(C)n1. The number of pyridine rings is 1. The maximum Gasteiger partial charge on any atom is 0.0986 e. The molecule has 1 heterocycles. The average molecular weight is 209 g/mol. The largest absolute Gasteiger partial charge is 0.387 e. The van der Waals surface area contributed by atoms with Crippen molar-refractivity contribution >= 4 is 0 Å². The van der Waals surface area contributed by atoms with E-state index in [0.717, 1.165) is 17.8 Å². The Balaban J connectivity index is 2.62. The van der Waals surface area contributed by atoms with Gasteiger partial charge in [-0.25, -0.2) is 0 Å². The Morgan fingerprint density at radius 3 is 2.80 bits per heavy atom. The number of hydrogen-bond donors (Lipinski definition) is 1. The molecule has 1 rings (SSSR count). The minimum atomic E-state index is -0.500. The van der Waals surface area contributed by atoms with Gasteiger partial charge in [0.15, 0.2) is 0 Å². The molecule has 3 nitrogen and oxygen atoms in total. The lowest BCUT2D eigenvalue weighted by Gasteiger charge is -2.18. The van der Waals surface area contributed by atoms with Gasteiger partial charge in [0.05, 0.1) is 11.8 Å². The van der Waals surface area contributed by atoms with E-state index in [1.807, 2.05) is 32.0 Å². The van der Waals surface area contributed by atoms with Crippen molar-refractivity contribution < 1.29 is 9.84 Å². The Bertz CT molecular complexity index is 301. The normalized spacial score (nSPS) is 14.9. The monoisotopic (exact) mass is 209 g/mol. The second kappa shape index (κ2) is 5.83. The highest BCUT2D eigenvalue weighted by molar-refractivity contribution is 5.12. The molecule has 1 N–H and O–H groups in total. The van der Waals surface area contributed by atoms with E-state index in [4.69, 9.17) is 4.74 Å². The van der Waals surface area contributed by atoms with Crippen LogP contribution in [-0.4, -0.2) is 23.8 Å². The molecule has 84 valence electrons. The maximum atomic E-state index is 10.0. The third-order valence-corrected chi connectivity index (χ3v) is 2.53. The second-order valence-corrected chi connectivity index (χ2v) is 3.91. The first kappa shape index (κ1) is 12.1. The zero-order valence-corrected chi connectivity index (χ0v) is 9.60. The van der Waals surface area contributed by atoms with Crippen molar-refractivity contribution in [1.29, 1.82) is 0 Å². The lowest BCUT2D eigenvalue weighted by Crippen LogP contribution is -2.13. The van der Waals surface area contributed by atoms with Crippen molar-refractivity contribution in [3.8, 4) is 0 Å². The summed E-state index contributed by atoms with van der Waals surface area (Å²) in [5.41, 5.74) is 1.68. The van der Waals surface area contributed by atoms with E-state index in [2.05, 4.69) is 4.98 Å². The molecular weight excluding hydrogens is 190 g/mol. The molecular formula is C12H19NO2. The molecule has 0 saturated heterocycles. The first-order chi connectivity index (χ1) is 7.15. The number of hydrogen-bond acceptors (Lipinski definition) is 3. The summed E-state index contributed by atoms with van der Waals surface area (Å²) in [5, 5.41) is 10.0. The van der Waals surface area contributed by atoms with Gasteiger partial charge < -0.3 is 9.84 Å². The third-order valence-electron chi connectivity index (χ3n) is 2.53. The van der Waals surface area contributed by atoms with Crippen LogP contribution in [0.4, 0.5) is 0 Å². The first-order valence-electron chi connectivity index (χ1n) is 5.25. The van der Waals surface area contributed by atoms with E-state index in [-0.39, 0.29) is 5.92 Å². The molecule has 2 unspecified atom stereocenters. The number of aliphatic hydroxyl groups is 1. The number of aromatic nitrogens is 1. The summed E-state index contributed by atoms with van der Waals surface area (Å²) in [7, 11) is 1.67. The Morgan fingerprint density at radius 1 is 1.47 bits per heavy atom. The Morgan fingerprint density at radius 2 is 2.20 bits per heavy atom. The van der Waals surface area contributed by atoms with Crippen LogP contribution in [0.1, 0.15) is 30.8 Å². The van der Waals surface area contributed by atoms with Gasteiger partial charge in [-0.1, -0.05) is 13.0 Å². The van der Waals surface area contributed by atoms with Crippen molar-refractivity contribution in [2.45, 2.75) is 26.4 Å². The molecule has 0 amide bonds. The van der Waals surface area contributed by atoms with Crippen LogP contribution in [0.15, 0.2) is 18.2 Å². The molecule has 15 heavy (non-hydrogen) atoms. The van der Waals surface area contributed by atoms with Crippen LogP contribution in [0.2, 0.25) is 0 Å². The fraction of sp³-hybridized carbons (Fsp3) is 0.583. The van der Waals surface area contributed by atoms with Crippen LogP contribution >= 0.6 is 0 Å². The predicted molar refractivity (Wildman–Crippen MR) is 59.6 cm³/mol. The molecule has 0 aliphatic rings. The summed E-state index contributed by atoms with van der Waals surface area (Å²) in [6.45, 7) is 4.60. The molecule has 0 aromatic carbocycles. The van der Waals surface area contributed by atoms with E-state index < -0.39 is 6.10 Å². The van der Waals surface area contributed by atoms with Crippen molar-refractivity contribution in [3.05, 3.63) is 29.6 Å². The standard InChI is InChI=1S/C12H19NO2/c1-9(7-8-15-3)12(14)11-6-4-5-10(2)13-11/h4-6,9,12,14H,7-8H2,1-3H3. The van der Waals surface area contributed by atoms with Gasteiger partial charge in [0.1, 0.15) is 0 Å². The smallest absolute Gasteiger partial charge is 0.0986 e. The van der Waals surface area contributed by atoms with E-state index in [0.29, 0.717) is 6.61 Å². The van der Waals surface area contributed by atoms with Crippen LogP contribution in [0.25, 0.3) is 0 Å². The fourth-order valence-corrected chi connectivity index (χ4v) is 1.48. The van der Waals surface area contributed by atoms with Gasteiger partial charge in [-0.15, -0.1) is 0 Å². The van der Waals surface area contributed by atoms with Gasteiger partial charge in [0.25, 0.3) is 0 Å². The van der Waals surface area contributed by atoms with E-state index in [1.54, 1.807) is 7.11 Å². The number of aryl methyl sites for hydroxylation is 1. The quantitative estimate of drug-likeness (QED) is 0.807. The highest BCUT2D eigenvalue weighted by atomic mass is 16.5. The van der Waals surface area contributed by atoms with Crippen LogP contribution in [0, 0.1) is 12.8 Å². The lowest BCUT2D eigenvalue weighted by molar-refractivity contribution is 0.0854. The highest BCUT2D eigenvalue weighted by Crippen LogP contribution is 2.22. The minimum absolute atomic E-state index is 0.166. The molecule has 2 atom stereocenters. The van der Waals surface area contributed by atoms with Crippen LogP contribution in [-0.2, 0) is 4.74 Å². The van der Waals surface area contributed by atoms with Gasteiger partial charge in [-0.05, 0) is 31.4 Å². The summed E-state index contributed by atoms with van der Waals surface area (Å²) in [5.74, 6) is 0.166. The molecule has 3 heteroatoms. The van der Waals surface area contributed by atoms with Gasteiger partial charge >= 0.3 is 0 Å². The molecule has 1 aromatic heterocycles. The fourth-order valence-electron chi connectivity index (χ4n) is 1.48. The first-order valence-corrected chi connectivity index (χ1v) is 5.25. The highest BCUT2D eigenvalue weighted by Gasteiger charge is 2.17. The molecule has 0 radical (unpaired) electrons. The number of rotatable bonds is 5. The molecule has 0 fully saturated rings. The van der Waals surface area contributed by atoms with Crippen molar-refractivity contribution in [1.82, 2.24) is 4.98 Å². The lowest BCUT2D eigenvalue weighted by atomic mass is 9.98. The van der Waals surface area contributed by atoms with Gasteiger partial charge in [0.2, 0.25) is 0 Å². The number of ether oxygens (including phenoxy) is 1. The third kappa shape index (κ3) is 3.61. The zero-order chi connectivity index (χ0) is 11.3. The Hall–Kier alpha value is -0.930. The number of aliphatic hydroxyl groups excluding tert-OH is 1. The second-order valence-electron chi connectivity index (χ2n) is 3.91. The van der Waals surface area contributed by atoms with Crippen LogP contribution < -0.4 is 0 Å². The zero-order valence-electron chi connectivity index (χ0n) is 9.60. The maximum absolute atomic E-state index is 10.0. The minimum Gasteiger partial charge on any atom is -0.387 e. The van der Waals surface area contributed by atoms with Crippen LogP contribution in [0.5, 0.6) is 0 Å². The Kier molecular flexibility index (Phi) is 4.72. The van der Waals surface area contributed by atoms with E-state index >= 15 is 0 Å². The predicted octanol–water partition coefficient (Wildman–Crippen LogP) is 2.10. The van der Waals surface area contributed by atoms with E-state index in [1.165, 1.54) is 0 Å². The molecule has 0 aliphatic heterocycles. The molecule has 0 aliphatic carbocycles. The summed E-state index contributed by atoms with van der Waals surface area (Å²) < 4.78 is 4.99. The molecule has 1 aromatic rings. The van der Waals surface area contributed by atoms with Gasteiger partial charge in [-0.2, -0.15) is 0 Å². The van der Waals surface area contributed by atoms with Gasteiger partial charge in [-0.3, -0.25) is 4.98 Å². The topological polar surface area (TPSA) is 42.4 Å². The average Bonchev–Trinajstić information content (AvgIpc) is 2.24. The van der Waals surface area contributed by atoms with Crippen molar-refractivity contribution in [3.63, 3.8) is 0 Å². The summed E-state index contributed by atoms with van der Waals surface area (Å²) in [6, 6.07) is 5.71. The van der Waals surface area contributed by atoms with E-state index in [9.17, 15) is 5.11 Å². The van der Waals surface area contributed by atoms with Crippen molar-refractivity contribution in [2.24, 2.45) is 5.92 Å². The van der Waals surface area contributed by atoms with Crippen LogP contribution in [0.3, 0.4) is 0 Å². The Labute approximate surface area is 91.1 Å².